The summed E-state index contributed by atoms with van der Waals surface area (Å²) in [5.74, 6) is 0.290. The van der Waals surface area contributed by atoms with Gasteiger partial charge in [-0.15, -0.1) is 0 Å². The van der Waals surface area contributed by atoms with Gasteiger partial charge in [-0.25, -0.2) is 4.98 Å². The number of likely N-dealkylation sites (tertiary alicyclic amines) is 1. The van der Waals surface area contributed by atoms with Crippen LogP contribution in [0.15, 0.2) is 72.3 Å². The summed E-state index contributed by atoms with van der Waals surface area (Å²) in [6.45, 7) is 3.85. The monoisotopic (exact) mass is 562 g/mol. The normalized spacial score (nSPS) is 14.8. The van der Waals surface area contributed by atoms with Crippen LogP contribution in [0.1, 0.15) is 48.5 Å². The highest BCUT2D eigenvalue weighted by molar-refractivity contribution is 6.33. The lowest BCUT2D eigenvalue weighted by Crippen LogP contribution is -2.33. The number of carbonyl (C=O) groups is 1. The van der Waals surface area contributed by atoms with Gasteiger partial charge in [0, 0.05) is 6.54 Å². The fourth-order valence-electron chi connectivity index (χ4n) is 4.61. The van der Waals surface area contributed by atoms with E-state index < -0.39 is 5.91 Å². The molecule has 1 amide bonds. The molecule has 2 aromatic carbocycles. The lowest BCUT2D eigenvalue weighted by molar-refractivity contribution is -0.117. The van der Waals surface area contributed by atoms with E-state index in [0.29, 0.717) is 18.1 Å². The Morgan fingerprint density at radius 2 is 1.79 bits per heavy atom. The van der Waals surface area contributed by atoms with Gasteiger partial charge >= 0.3 is 0 Å². The molecule has 2 heterocycles. The summed E-state index contributed by atoms with van der Waals surface area (Å²) in [6, 6.07) is 22.7. The van der Waals surface area contributed by atoms with Crippen molar-refractivity contribution in [1.82, 2.24) is 15.2 Å². The van der Waals surface area contributed by atoms with Gasteiger partial charge in [-0.1, -0.05) is 72.1 Å². The fraction of sp³-hybridized carbons (Fsp3) is 0.323. The van der Waals surface area contributed by atoms with E-state index in [4.69, 9.17) is 27.9 Å². The van der Waals surface area contributed by atoms with E-state index in [1.165, 1.54) is 30.9 Å². The number of nitrogens with one attached hydrogen (secondary N) is 1. The molecule has 1 atom stereocenters. The van der Waals surface area contributed by atoms with Crippen molar-refractivity contribution < 1.29 is 9.53 Å². The third kappa shape index (κ3) is 8.83. The summed E-state index contributed by atoms with van der Waals surface area (Å²) >= 11 is 12.2. The second kappa shape index (κ2) is 14.7. The maximum atomic E-state index is 13.2. The van der Waals surface area contributed by atoms with Crippen molar-refractivity contribution in [2.24, 2.45) is 0 Å². The van der Waals surface area contributed by atoms with Crippen LogP contribution < -0.4 is 10.1 Å². The zero-order chi connectivity index (χ0) is 27.5. The van der Waals surface area contributed by atoms with Crippen LogP contribution in [0.4, 0.5) is 0 Å². The predicted octanol–water partition coefficient (Wildman–Crippen LogP) is 6.65. The minimum Gasteiger partial charge on any atom is -0.492 e. The first kappa shape index (κ1) is 28.6. The standard InChI is InChI=1S/C31H32Cl2N4O2/c32-27-14-16-30(33)35-29(27)21-25(22-34)31(38)36-28(15-9-23-7-3-1-4-8-23)24-10-12-26(13-11-24)39-20-19-37-17-5-2-6-18-37/h1,3-4,7-8,10-14,16,21,28H,2,5-6,9,15,17-20H2,(H,36,38). The van der Waals surface area contributed by atoms with Gasteiger partial charge in [0.05, 0.1) is 16.8 Å². The number of hydrogen-bond acceptors (Lipinski definition) is 5. The molecule has 6 nitrogen and oxygen atoms in total. The van der Waals surface area contributed by atoms with E-state index in [0.717, 1.165) is 37.4 Å². The Bertz CT molecular complexity index is 1300. The van der Waals surface area contributed by atoms with E-state index in [1.54, 1.807) is 12.1 Å². The minimum atomic E-state index is -0.504. The Labute approximate surface area is 240 Å². The molecule has 0 saturated carbocycles. The molecule has 0 spiro atoms. The molecule has 1 fully saturated rings. The average molecular weight is 564 g/mol. The number of ether oxygens (including phenoxy) is 1. The number of halogens is 2. The molecular formula is C31H32Cl2N4O2. The summed E-state index contributed by atoms with van der Waals surface area (Å²) < 4.78 is 5.99. The molecule has 3 aromatic rings. The summed E-state index contributed by atoms with van der Waals surface area (Å²) in [7, 11) is 0. The van der Waals surface area contributed by atoms with Crippen LogP contribution in [0.2, 0.25) is 10.2 Å². The quantitative estimate of drug-likeness (QED) is 0.161. The van der Waals surface area contributed by atoms with Crippen molar-refractivity contribution in [2.45, 2.75) is 38.1 Å². The molecule has 1 saturated heterocycles. The molecule has 4 rings (SSSR count). The van der Waals surface area contributed by atoms with Gasteiger partial charge in [0.2, 0.25) is 0 Å². The van der Waals surface area contributed by atoms with Crippen molar-refractivity contribution in [3.05, 3.63) is 99.3 Å². The molecule has 39 heavy (non-hydrogen) atoms. The Hall–Kier alpha value is -3.37. The average Bonchev–Trinajstić information content (AvgIpc) is 2.97. The Morgan fingerprint density at radius 1 is 1.05 bits per heavy atom. The number of benzene rings is 2. The predicted molar refractivity (Wildman–Crippen MR) is 156 cm³/mol. The van der Waals surface area contributed by atoms with Gasteiger partial charge in [0.1, 0.15) is 29.2 Å². The topological polar surface area (TPSA) is 78.2 Å². The summed E-state index contributed by atoms with van der Waals surface area (Å²) in [6.07, 6.45) is 6.61. The number of rotatable bonds is 11. The van der Waals surface area contributed by atoms with Gasteiger partial charge in [0.25, 0.3) is 5.91 Å². The first-order valence-corrected chi connectivity index (χ1v) is 14.0. The lowest BCUT2D eigenvalue weighted by Gasteiger charge is -2.26. The van der Waals surface area contributed by atoms with Crippen LogP contribution in [0.3, 0.4) is 0 Å². The van der Waals surface area contributed by atoms with Gasteiger partial charge in [-0.3, -0.25) is 9.69 Å². The zero-order valence-electron chi connectivity index (χ0n) is 21.8. The lowest BCUT2D eigenvalue weighted by atomic mass is 9.98. The molecule has 0 radical (unpaired) electrons. The Kier molecular flexibility index (Phi) is 10.8. The number of aryl methyl sites for hydroxylation is 1. The third-order valence-electron chi connectivity index (χ3n) is 6.76. The van der Waals surface area contributed by atoms with Crippen LogP contribution in [0, 0.1) is 11.3 Å². The van der Waals surface area contributed by atoms with Crippen molar-refractivity contribution in [2.75, 3.05) is 26.2 Å². The number of hydrogen-bond donors (Lipinski definition) is 1. The van der Waals surface area contributed by atoms with Crippen LogP contribution in [0.25, 0.3) is 6.08 Å². The first-order valence-electron chi connectivity index (χ1n) is 13.3. The molecule has 0 bridgehead atoms. The van der Waals surface area contributed by atoms with Crippen LogP contribution in [0.5, 0.6) is 5.75 Å². The largest absolute Gasteiger partial charge is 0.492 e. The third-order valence-corrected chi connectivity index (χ3v) is 7.29. The first-order chi connectivity index (χ1) is 19.0. The summed E-state index contributed by atoms with van der Waals surface area (Å²) in [5, 5.41) is 13.3. The Morgan fingerprint density at radius 3 is 2.51 bits per heavy atom. The second-order valence-corrected chi connectivity index (χ2v) is 10.3. The molecule has 8 heteroatoms. The SMILES string of the molecule is N#CC(=Cc1nc(Cl)ccc1Cl)C(=O)NC(CCc1ccccc1)c1ccc(OCCN2CCCCC2)cc1. The molecular weight excluding hydrogens is 531 g/mol. The number of aromatic nitrogens is 1. The zero-order valence-corrected chi connectivity index (χ0v) is 23.3. The number of pyridine rings is 1. The van der Waals surface area contributed by atoms with Crippen LogP contribution >= 0.6 is 23.2 Å². The van der Waals surface area contributed by atoms with Crippen molar-refractivity contribution in [3.63, 3.8) is 0 Å². The number of nitrogens with zero attached hydrogens (tertiary/aromatic N) is 3. The van der Waals surface area contributed by atoms with Gasteiger partial charge in [-0.2, -0.15) is 5.26 Å². The fourth-order valence-corrected chi connectivity index (χ4v) is 4.92. The van der Waals surface area contributed by atoms with E-state index in [1.807, 2.05) is 48.5 Å². The summed E-state index contributed by atoms with van der Waals surface area (Å²) in [5.41, 5.74) is 2.26. The van der Waals surface area contributed by atoms with Crippen LogP contribution in [-0.2, 0) is 11.2 Å². The maximum Gasteiger partial charge on any atom is 0.262 e. The molecule has 1 aliphatic heterocycles. The van der Waals surface area contributed by atoms with E-state index in [-0.39, 0.29) is 22.5 Å². The van der Waals surface area contributed by atoms with Gasteiger partial charge in [-0.05, 0) is 80.2 Å². The van der Waals surface area contributed by atoms with Crippen molar-refractivity contribution in [1.29, 1.82) is 5.26 Å². The van der Waals surface area contributed by atoms with Crippen molar-refractivity contribution >= 4 is 35.2 Å². The van der Waals surface area contributed by atoms with Crippen LogP contribution in [-0.4, -0.2) is 42.0 Å². The summed E-state index contributed by atoms with van der Waals surface area (Å²) in [4.78, 5) is 19.8. The smallest absolute Gasteiger partial charge is 0.262 e. The highest BCUT2D eigenvalue weighted by Gasteiger charge is 2.19. The molecule has 202 valence electrons. The van der Waals surface area contributed by atoms with E-state index >= 15 is 0 Å². The minimum absolute atomic E-state index is 0.103. The number of piperidine rings is 1. The van der Waals surface area contributed by atoms with E-state index in [2.05, 4.69) is 27.3 Å². The number of carbonyl (C=O) groups excluding carboxylic acids is 1. The Balaban J connectivity index is 1.46. The van der Waals surface area contributed by atoms with Crippen molar-refractivity contribution in [3.8, 4) is 11.8 Å². The maximum absolute atomic E-state index is 13.2. The molecule has 1 N–H and O–H groups in total. The molecule has 1 aromatic heterocycles. The van der Waals surface area contributed by atoms with Gasteiger partial charge < -0.3 is 10.1 Å². The number of nitriles is 1. The molecule has 0 aliphatic carbocycles. The highest BCUT2D eigenvalue weighted by atomic mass is 35.5. The molecule has 1 unspecified atom stereocenters. The van der Waals surface area contributed by atoms with E-state index in [9.17, 15) is 10.1 Å². The molecule has 1 aliphatic rings. The number of amides is 1. The van der Waals surface area contributed by atoms with Gasteiger partial charge in [0.15, 0.2) is 0 Å². The highest BCUT2D eigenvalue weighted by Crippen LogP contribution is 2.24. The second-order valence-electron chi connectivity index (χ2n) is 9.54.